The van der Waals surface area contributed by atoms with E-state index >= 15 is 0 Å². The van der Waals surface area contributed by atoms with E-state index in [9.17, 15) is 38.2 Å². The van der Waals surface area contributed by atoms with Gasteiger partial charge in [0.25, 0.3) is 21.5 Å². The Labute approximate surface area is 193 Å². The zero-order chi connectivity index (χ0) is 26.1. The number of hydrogen-bond donors (Lipinski definition) is 1. The molecular weight excluding hydrogens is 480 g/mol. The fourth-order valence-corrected chi connectivity index (χ4v) is 2.73. The number of aliphatic hydroxyl groups excluding tert-OH is 1. The van der Waals surface area contributed by atoms with Crippen molar-refractivity contribution in [2.45, 2.75) is 13.2 Å². The summed E-state index contributed by atoms with van der Waals surface area (Å²) in [6, 6.07) is 7.08. The molecule has 0 atom stereocenters. The van der Waals surface area contributed by atoms with Crippen molar-refractivity contribution < 1.29 is 46.6 Å². The van der Waals surface area contributed by atoms with Gasteiger partial charge in [0.2, 0.25) is 0 Å². The third-order valence-electron chi connectivity index (χ3n) is 3.84. The van der Waals surface area contributed by atoms with E-state index in [-0.39, 0.29) is 34.7 Å². The lowest BCUT2D eigenvalue weighted by Gasteiger charge is -2.05. The van der Waals surface area contributed by atoms with Gasteiger partial charge in [-0.1, -0.05) is 0 Å². The summed E-state index contributed by atoms with van der Waals surface area (Å²) in [5.74, 6) is -1.43. The van der Waals surface area contributed by atoms with E-state index < -0.39 is 38.5 Å². The molecule has 2 rings (SSSR count). The average Bonchev–Trinajstić information content (AvgIpc) is 2.80. The van der Waals surface area contributed by atoms with Crippen molar-refractivity contribution in [2.24, 2.45) is 0 Å². The van der Waals surface area contributed by atoms with Gasteiger partial charge >= 0.3 is 11.9 Å². The average molecular weight is 500 g/mol. The Hall–Kier alpha value is -3.95. The van der Waals surface area contributed by atoms with Crippen molar-refractivity contribution in [2.75, 3.05) is 20.5 Å². The van der Waals surface area contributed by atoms with E-state index in [4.69, 9.17) is 5.11 Å². The molecule has 2 aromatic carbocycles. The summed E-state index contributed by atoms with van der Waals surface area (Å²) in [5, 5.41) is 30.1. The molecular formula is C19H20N2O12S. The lowest BCUT2D eigenvalue weighted by molar-refractivity contribution is -0.385. The van der Waals surface area contributed by atoms with Crippen LogP contribution in [0.1, 0.15) is 31.8 Å². The number of nitro benzene ring substituents is 2. The molecule has 0 radical (unpaired) electrons. The number of carbonyl (C=O) groups excluding carboxylic acids is 2. The van der Waals surface area contributed by atoms with Gasteiger partial charge in [0.15, 0.2) is 0 Å². The van der Waals surface area contributed by atoms with Gasteiger partial charge in [0.1, 0.15) is 0 Å². The van der Waals surface area contributed by atoms with E-state index in [1.807, 2.05) is 0 Å². The van der Waals surface area contributed by atoms with E-state index in [1.54, 1.807) is 0 Å². The van der Waals surface area contributed by atoms with Gasteiger partial charge in [-0.15, -0.1) is 0 Å². The number of hydrogen-bond acceptors (Lipinski definition) is 12. The Kier molecular flexibility index (Phi) is 10.2. The van der Waals surface area contributed by atoms with Crippen molar-refractivity contribution in [1.82, 2.24) is 0 Å². The number of nitrogens with zero attached hydrogens (tertiary/aromatic N) is 2. The van der Waals surface area contributed by atoms with Crippen molar-refractivity contribution in [3.8, 4) is 0 Å². The Morgan fingerprint density at radius 3 is 1.62 bits per heavy atom. The highest BCUT2D eigenvalue weighted by molar-refractivity contribution is 7.85. The summed E-state index contributed by atoms with van der Waals surface area (Å²) in [4.78, 5) is 42.4. The first-order valence-corrected chi connectivity index (χ1v) is 10.8. The highest BCUT2D eigenvalue weighted by atomic mass is 32.2. The smallest absolute Gasteiger partial charge is 0.338 e. The molecule has 0 unspecified atom stereocenters. The molecule has 2 aromatic rings. The second-order valence-corrected chi connectivity index (χ2v) is 8.04. The van der Waals surface area contributed by atoms with Crippen LogP contribution in [0.5, 0.6) is 0 Å². The summed E-state index contributed by atoms with van der Waals surface area (Å²) in [7, 11) is -1.37. The first-order chi connectivity index (χ1) is 15.8. The van der Waals surface area contributed by atoms with Crippen molar-refractivity contribution >= 4 is 33.4 Å². The van der Waals surface area contributed by atoms with Crippen LogP contribution in [0.4, 0.5) is 11.4 Å². The van der Waals surface area contributed by atoms with Crippen LogP contribution in [-0.2, 0) is 37.0 Å². The maximum atomic E-state index is 11.3. The minimum absolute atomic E-state index is 0.0516. The van der Waals surface area contributed by atoms with Gasteiger partial charge in [0, 0.05) is 24.3 Å². The predicted octanol–water partition coefficient (Wildman–Crippen LogP) is 1.73. The van der Waals surface area contributed by atoms with Crippen LogP contribution >= 0.6 is 0 Å². The molecule has 0 aliphatic heterocycles. The minimum Gasteiger partial charge on any atom is -0.465 e. The summed E-state index contributed by atoms with van der Waals surface area (Å²) in [6.45, 7) is -0.768. The molecule has 0 bridgehead atoms. The van der Waals surface area contributed by atoms with Crippen LogP contribution in [0.15, 0.2) is 36.4 Å². The molecule has 0 amide bonds. The maximum absolute atomic E-state index is 11.3. The fraction of sp³-hybridized carbons (Fsp3) is 0.263. The Morgan fingerprint density at radius 2 is 1.26 bits per heavy atom. The normalized spacial score (nSPS) is 10.5. The van der Waals surface area contributed by atoms with E-state index in [2.05, 4.69) is 13.7 Å². The molecule has 0 aromatic heterocycles. The summed E-state index contributed by atoms with van der Waals surface area (Å²) in [5.41, 5.74) is -0.124. The number of benzene rings is 2. The molecule has 0 fully saturated rings. The van der Waals surface area contributed by atoms with Crippen molar-refractivity contribution in [3.63, 3.8) is 0 Å². The summed E-state index contributed by atoms with van der Waals surface area (Å²) >= 11 is 0. The van der Waals surface area contributed by atoms with Crippen LogP contribution in [0.3, 0.4) is 0 Å². The molecule has 0 aliphatic rings. The largest absolute Gasteiger partial charge is 0.465 e. The molecule has 15 heteroatoms. The first kappa shape index (κ1) is 28.1. The molecule has 0 heterocycles. The highest BCUT2D eigenvalue weighted by Crippen LogP contribution is 2.19. The fourth-order valence-electron chi connectivity index (χ4n) is 2.38. The number of non-ortho nitro benzene ring substituents is 2. The van der Waals surface area contributed by atoms with Crippen LogP contribution < -0.4 is 0 Å². The Morgan fingerprint density at radius 1 is 0.853 bits per heavy atom. The van der Waals surface area contributed by atoms with E-state index in [1.165, 1.54) is 25.3 Å². The van der Waals surface area contributed by atoms with Crippen LogP contribution in [0.25, 0.3) is 0 Å². The molecule has 0 saturated heterocycles. The molecule has 14 nitrogen and oxygen atoms in total. The number of aliphatic hydroxyl groups is 1. The van der Waals surface area contributed by atoms with E-state index in [0.717, 1.165) is 31.6 Å². The van der Waals surface area contributed by atoms with Gasteiger partial charge in [-0.3, -0.25) is 24.4 Å². The van der Waals surface area contributed by atoms with Crippen LogP contribution in [0, 0.1) is 20.2 Å². The van der Waals surface area contributed by atoms with Crippen LogP contribution in [0.2, 0.25) is 0 Å². The SMILES string of the molecule is COC(=O)c1cc(CO)cc([N+](=O)[O-])c1.COC(=O)c1cc(COS(C)(=O)=O)cc([N+](=O)[O-])c1. The number of carbonyl (C=O) groups is 2. The predicted molar refractivity (Wildman–Crippen MR) is 114 cm³/mol. The van der Waals surface area contributed by atoms with Gasteiger partial charge < -0.3 is 14.6 Å². The second kappa shape index (κ2) is 12.3. The topological polar surface area (TPSA) is 202 Å². The van der Waals surface area contributed by atoms with Gasteiger partial charge in [0.05, 0.1) is 54.7 Å². The van der Waals surface area contributed by atoms with Gasteiger partial charge in [-0.25, -0.2) is 9.59 Å². The zero-order valence-electron chi connectivity index (χ0n) is 18.1. The molecule has 1 N–H and O–H groups in total. The third kappa shape index (κ3) is 8.89. The molecule has 0 aliphatic carbocycles. The number of methoxy groups -OCH3 is 2. The molecule has 0 saturated carbocycles. The number of nitro groups is 2. The quantitative estimate of drug-likeness (QED) is 0.238. The Balaban J connectivity index is 0.000000350. The molecule has 0 spiro atoms. The number of esters is 2. The van der Waals surface area contributed by atoms with Crippen molar-refractivity contribution in [3.05, 3.63) is 78.9 Å². The second-order valence-electron chi connectivity index (χ2n) is 6.40. The standard InChI is InChI=1S/C10H11NO7S.C9H9NO5/c1-17-10(12)8-3-7(6-18-19(2,15)16)4-9(5-8)11(13)14;1-15-9(12)7-2-6(5-11)3-8(4-7)10(13)14/h3-5H,6H2,1-2H3;2-4,11H,5H2,1H3. The summed E-state index contributed by atoms with van der Waals surface area (Å²) in [6.07, 6.45) is 0.853. The van der Waals surface area contributed by atoms with E-state index in [0.29, 0.717) is 5.56 Å². The lowest BCUT2D eigenvalue weighted by Crippen LogP contribution is -2.06. The number of rotatable bonds is 8. The highest BCUT2D eigenvalue weighted by Gasteiger charge is 2.16. The van der Waals surface area contributed by atoms with Gasteiger partial charge in [-0.05, 0) is 23.3 Å². The lowest BCUT2D eigenvalue weighted by atomic mass is 10.1. The summed E-state index contributed by atoms with van der Waals surface area (Å²) < 4.78 is 35.1. The molecule has 184 valence electrons. The van der Waals surface area contributed by atoms with Crippen molar-refractivity contribution in [1.29, 1.82) is 0 Å². The minimum atomic E-state index is -3.68. The monoisotopic (exact) mass is 500 g/mol. The molecule has 34 heavy (non-hydrogen) atoms. The maximum Gasteiger partial charge on any atom is 0.338 e. The zero-order valence-corrected chi connectivity index (χ0v) is 18.9. The van der Waals surface area contributed by atoms with Gasteiger partial charge in [-0.2, -0.15) is 8.42 Å². The van der Waals surface area contributed by atoms with Crippen LogP contribution in [-0.4, -0.2) is 55.8 Å². The third-order valence-corrected chi connectivity index (χ3v) is 4.39. The number of ether oxygens (including phenoxy) is 2. The Bertz CT molecular complexity index is 1190. The first-order valence-electron chi connectivity index (χ1n) is 8.99.